The molecule has 3 aromatic rings. The van der Waals surface area contributed by atoms with Gasteiger partial charge < -0.3 is 5.32 Å². The molecule has 126 valence electrons. The molecule has 5 nitrogen and oxygen atoms in total. The molecule has 3 heterocycles. The second kappa shape index (κ2) is 6.13. The van der Waals surface area contributed by atoms with Gasteiger partial charge in [-0.15, -0.1) is 11.3 Å². The number of carbonyl (C=O) groups is 2. The number of ketones is 1. The van der Waals surface area contributed by atoms with E-state index < -0.39 is 5.92 Å². The Morgan fingerprint density at radius 3 is 2.72 bits per heavy atom. The van der Waals surface area contributed by atoms with E-state index >= 15 is 0 Å². The van der Waals surface area contributed by atoms with Crippen LogP contribution in [0.15, 0.2) is 42.5 Å². The number of nitrogens with zero attached hydrogens (tertiary/aromatic N) is 2. The van der Waals surface area contributed by atoms with Crippen LogP contribution in [0, 0.1) is 6.92 Å². The van der Waals surface area contributed by atoms with Crippen LogP contribution in [0.5, 0.6) is 0 Å². The summed E-state index contributed by atoms with van der Waals surface area (Å²) < 4.78 is 2.24. The van der Waals surface area contributed by atoms with Crippen LogP contribution < -0.4 is 5.32 Å². The van der Waals surface area contributed by atoms with Crippen molar-refractivity contribution < 1.29 is 9.59 Å². The van der Waals surface area contributed by atoms with E-state index in [4.69, 9.17) is 11.6 Å². The molecule has 1 atom stereocenters. The molecule has 1 amide bonds. The zero-order valence-electron chi connectivity index (χ0n) is 13.3. The molecule has 0 spiro atoms. The number of hydrogen-bond acceptors (Lipinski definition) is 4. The van der Waals surface area contributed by atoms with Crippen LogP contribution in [0.4, 0.5) is 5.82 Å². The summed E-state index contributed by atoms with van der Waals surface area (Å²) in [6.07, 6.45) is 0.114. The van der Waals surface area contributed by atoms with Gasteiger partial charge in [-0.05, 0) is 31.2 Å². The minimum atomic E-state index is -0.545. The number of fused-ring (bicyclic) bond motifs is 1. The van der Waals surface area contributed by atoms with E-state index in [1.54, 1.807) is 16.8 Å². The topological polar surface area (TPSA) is 64.0 Å². The molecule has 7 heteroatoms. The molecule has 25 heavy (non-hydrogen) atoms. The number of Topliss-reactive ketones (excluding diaryl/α,β-unsaturated/α-hetero) is 1. The molecule has 0 radical (unpaired) electrons. The van der Waals surface area contributed by atoms with Crippen LogP contribution in [0.1, 0.15) is 33.3 Å². The first-order chi connectivity index (χ1) is 12.0. The lowest BCUT2D eigenvalue weighted by Gasteiger charge is -2.22. The molecule has 0 aliphatic carbocycles. The zero-order valence-corrected chi connectivity index (χ0v) is 14.9. The van der Waals surface area contributed by atoms with Gasteiger partial charge in [0.05, 0.1) is 26.5 Å². The fraction of sp³-hybridized carbons (Fsp3) is 0.167. The predicted molar refractivity (Wildman–Crippen MR) is 97.9 cm³/mol. The summed E-state index contributed by atoms with van der Waals surface area (Å²) in [5, 5.41) is 7.43. The third-order valence-electron chi connectivity index (χ3n) is 4.24. The lowest BCUT2D eigenvalue weighted by molar-refractivity contribution is -0.116. The van der Waals surface area contributed by atoms with Gasteiger partial charge in [0.15, 0.2) is 5.78 Å². The van der Waals surface area contributed by atoms with Gasteiger partial charge in [0, 0.05) is 12.0 Å². The van der Waals surface area contributed by atoms with Crippen molar-refractivity contribution in [1.82, 2.24) is 9.78 Å². The molecule has 0 saturated carbocycles. The minimum Gasteiger partial charge on any atom is -0.310 e. The van der Waals surface area contributed by atoms with Crippen LogP contribution in [0.2, 0.25) is 4.34 Å². The molecule has 1 aliphatic heterocycles. The summed E-state index contributed by atoms with van der Waals surface area (Å²) in [7, 11) is 0. The van der Waals surface area contributed by atoms with Crippen molar-refractivity contribution in [2.45, 2.75) is 19.3 Å². The number of halogens is 1. The highest BCUT2D eigenvalue weighted by Gasteiger charge is 2.36. The molecular formula is C18H14ClN3O2S. The number of anilines is 1. The average Bonchev–Trinajstić information content (AvgIpc) is 3.18. The van der Waals surface area contributed by atoms with Crippen molar-refractivity contribution >= 4 is 40.4 Å². The summed E-state index contributed by atoms with van der Waals surface area (Å²) in [5.74, 6) is -0.258. The summed E-state index contributed by atoms with van der Waals surface area (Å²) in [4.78, 5) is 25.8. The summed E-state index contributed by atoms with van der Waals surface area (Å²) in [6.45, 7) is 1.86. The van der Waals surface area contributed by atoms with Gasteiger partial charge in [-0.25, -0.2) is 4.68 Å². The summed E-state index contributed by atoms with van der Waals surface area (Å²) in [6, 6.07) is 12.9. The molecule has 1 aromatic carbocycles. The number of hydrogen-bond donors (Lipinski definition) is 1. The van der Waals surface area contributed by atoms with Crippen LogP contribution in [-0.2, 0) is 4.79 Å². The highest BCUT2D eigenvalue weighted by Crippen LogP contribution is 2.39. The third kappa shape index (κ3) is 2.77. The summed E-state index contributed by atoms with van der Waals surface area (Å²) in [5.41, 5.74) is 2.34. The molecule has 0 unspecified atom stereocenters. The van der Waals surface area contributed by atoms with E-state index in [0.29, 0.717) is 15.0 Å². The van der Waals surface area contributed by atoms with Crippen molar-refractivity contribution in [2.24, 2.45) is 0 Å². The largest absolute Gasteiger partial charge is 0.310 e. The van der Waals surface area contributed by atoms with E-state index in [1.807, 2.05) is 37.3 Å². The van der Waals surface area contributed by atoms with Crippen molar-refractivity contribution in [3.63, 3.8) is 0 Å². The lowest BCUT2D eigenvalue weighted by Crippen LogP contribution is -2.28. The van der Waals surface area contributed by atoms with Crippen LogP contribution in [0.3, 0.4) is 0 Å². The van der Waals surface area contributed by atoms with Crippen LogP contribution >= 0.6 is 22.9 Å². The summed E-state index contributed by atoms with van der Waals surface area (Å²) >= 11 is 7.19. The van der Waals surface area contributed by atoms with E-state index in [1.165, 1.54) is 11.3 Å². The van der Waals surface area contributed by atoms with Crippen molar-refractivity contribution in [2.75, 3.05) is 5.32 Å². The fourth-order valence-electron chi connectivity index (χ4n) is 3.15. The minimum absolute atomic E-state index is 0.0938. The second-order valence-corrected chi connectivity index (χ2v) is 7.58. The third-order valence-corrected chi connectivity index (χ3v) is 5.48. The van der Waals surface area contributed by atoms with E-state index in [9.17, 15) is 9.59 Å². The zero-order chi connectivity index (χ0) is 17.6. The van der Waals surface area contributed by atoms with Crippen molar-refractivity contribution in [3.8, 4) is 5.69 Å². The number of aromatic nitrogens is 2. The average molecular weight is 372 g/mol. The van der Waals surface area contributed by atoms with Crippen LogP contribution in [0.25, 0.3) is 5.69 Å². The molecule has 4 rings (SSSR count). The number of carbonyl (C=O) groups excluding carboxylic acids is 2. The van der Waals surface area contributed by atoms with Crippen molar-refractivity contribution in [3.05, 3.63) is 62.9 Å². The van der Waals surface area contributed by atoms with E-state index in [0.717, 1.165) is 16.9 Å². The van der Waals surface area contributed by atoms with Gasteiger partial charge in [-0.1, -0.05) is 29.8 Å². The SMILES string of the molecule is Cc1nn(-c2ccccc2)c2c1[C@H](C(=O)c1ccc(Cl)s1)CC(=O)N2. The standard InChI is InChI=1S/C18H14ClN3O2S/c1-10-16-12(17(24)13-7-8-14(19)25-13)9-15(23)20-18(16)22(21-10)11-5-3-2-4-6-11/h2-8,12H,9H2,1H3,(H,20,23)/t12-/m1/s1. The number of thiophene rings is 1. The molecule has 0 saturated heterocycles. The molecule has 1 N–H and O–H groups in total. The maximum Gasteiger partial charge on any atom is 0.226 e. The number of para-hydroxylation sites is 1. The molecule has 1 aliphatic rings. The predicted octanol–water partition coefficient (Wildman–Crippen LogP) is 4.20. The van der Waals surface area contributed by atoms with Gasteiger partial charge >= 0.3 is 0 Å². The Labute approximate surface area is 153 Å². The quantitative estimate of drug-likeness (QED) is 0.701. The Morgan fingerprint density at radius 2 is 2.04 bits per heavy atom. The Kier molecular flexibility index (Phi) is 3.94. The maximum atomic E-state index is 13.0. The highest BCUT2D eigenvalue weighted by molar-refractivity contribution is 7.18. The Hall–Kier alpha value is -2.44. The number of rotatable bonds is 3. The second-order valence-electron chi connectivity index (χ2n) is 5.87. The lowest BCUT2D eigenvalue weighted by atomic mass is 9.87. The van der Waals surface area contributed by atoms with Crippen LogP contribution in [-0.4, -0.2) is 21.5 Å². The Bertz CT molecular complexity index is 978. The number of aryl methyl sites for hydroxylation is 1. The van der Waals surface area contributed by atoms with Crippen molar-refractivity contribution in [1.29, 1.82) is 0 Å². The molecule has 0 bridgehead atoms. The van der Waals surface area contributed by atoms with E-state index in [-0.39, 0.29) is 18.1 Å². The van der Waals surface area contributed by atoms with E-state index in [2.05, 4.69) is 10.4 Å². The molecule has 0 fully saturated rings. The van der Waals surface area contributed by atoms with Gasteiger partial charge in [0.2, 0.25) is 5.91 Å². The smallest absolute Gasteiger partial charge is 0.226 e. The van der Waals surface area contributed by atoms with Gasteiger partial charge in [0.25, 0.3) is 0 Å². The molecular weight excluding hydrogens is 358 g/mol. The monoisotopic (exact) mass is 371 g/mol. The maximum absolute atomic E-state index is 13.0. The fourth-order valence-corrected chi connectivity index (χ4v) is 4.18. The van der Waals surface area contributed by atoms with Gasteiger partial charge in [0.1, 0.15) is 5.82 Å². The number of amides is 1. The Balaban J connectivity index is 1.83. The number of nitrogens with one attached hydrogen (secondary N) is 1. The number of benzene rings is 1. The first-order valence-electron chi connectivity index (χ1n) is 7.79. The normalized spacial score (nSPS) is 16.4. The first-order valence-corrected chi connectivity index (χ1v) is 8.98. The highest BCUT2D eigenvalue weighted by atomic mass is 35.5. The van der Waals surface area contributed by atoms with Gasteiger partial charge in [-0.3, -0.25) is 9.59 Å². The first kappa shape index (κ1) is 16.1. The van der Waals surface area contributed by atoms with Gasteiger partial charge in [-0.2, -0.15) is 5.10 Å². The Morgan fingerprint density at radius 1 is 1.28 bits per heavy atom. The molecule has 2 aromatic heterocycles.